The van der Waals surface area contributed by atoms with Crippen molar-refractivity contribution in [2.75, 3.05) is 6.61 Å². The third-order valence-corrected chi connectivity index (χ3v) is 1.46. The van der Waals surface area contributed by atoms with Crippen molar-refractivity contribution in [3.05, 3.63) is 42.5 Å². The maximum atomic E-state index is 11.2. The van der Waals surface area contributed by atoms with Gasteiger partial charge < -0.3 is 9.84 Å². The van der Waals surface area contributed by atoms with E-state index in [0.717, 1.165) is 0 Å². The van der Waals surface area contributed by atoms with E-state index in [1.54, 1.807) is 12.1 Å². The molecule has 0 radical (unpaired) electrons. The van der Waals surface area contributed by atoms with E-state index in [9.17, 15) is 9.90 Å². The van der Waals surface area contributed by atoms with Crippen molar-refractivity contribution < 1.29 is 34.1 Å². The smallest absolute Gasteiger partial charge is 0.342 e. The summed E-state index contributed by atoms with van der Waals surface area (Å²) in [4.78, 5) is 11.2. The van der Waals surface area contributed by atoms with Crippen LogP contribution in [0.25, 0.3) is 0 Å². The van der Waals surface area contributed by atoms with Gasteiger partial charge in [-0.2, -0.15) is 0 Å². The van der Waals surface area contributed by atoms with Gasteiger partial charge in [0, 0.05) is 19.5 Å². The number of aromatic hydroxyl groups is 1. The number of para-hydroxylation sites is 1. The van der Waals surface area contributed by atoms with Crippen LogP contribution in [0.5, 0.6) is 5.75 Å². The van der Waals surface area contributed by atoms with Gasteiger partial charge in [0.2, 0.25) is 0 Å². The summed E-state index contributed by atoms with van der Waals surface area (Å²) in [7, 11) is 0. The van der Waals surface area contributed by atoms with Gasteiger partial charge in [-0.25, -0.2) is 4.79 Å². The van der Waals surface area contributed by atoms with Gasteiger partial charge in [-0.3, -0.25) is 0 Å². The Morgan fingerprint density at radius 2 is 2.14 bits per heavy atom. The Labute approximate surface area is 95.2 Å². The summed E-state index contributed by atoms with van der Waals surface area (Å²) in [5, 5.41) is 9.25. The molecular formula is C10H10O3Zn. The van der Waals surface area contributed by atoms with Crippen LogP contribution < -0.4 is 0 Å². The minimum Gasteiger partial charge on any atom is -0.507 e. The molecule has 14 heavy (non-hydrogen) atoms. The molecule has 0 bridgehead atoms. The molecule has 0 spiro atoms. The molecule has 0 amide bonds. The van der Waals surface area contributed by atoms with Crippen molar-refractivity contribution in [3.63, 3.8) is 0 Å². The number of ether oxygens (including phenoxy) is 1. The average Bonchev–Trinajstić information content (AvgIpc) is 2.15. The zero-order chi connectivity index (χ0) is 9.68. The second-order valence-electron chi connectivity index (χ2n) is 2.40. The molecule has 0 saturated heterocycles. The van der Waals surface area contributed by atoms with Crippen molar-refractivity contribution in [1.29, 1.82) is 0 Å². The molecule has 1 N–H and O–H groups in total. The van der Waals surface area contributed by atoms with Crippen LogP contribution in [0, 0.1) is 0 Å². The number of phenolic OH excluding ortho intramolecular Hbond substituents is 1. The number of esters is 1. The second kappa shape index (κ2) is 6.33. The summed E-state index contributed by atoms with van der Waals surface area (Å²) in [6.07, 6.45) is 1.47. The van der Waals surface area contributed by atoms with Gasteiger partial charge in [-0.1, -0.05) is 24.8 Å². The first kappa shape index (κ1) is 12.9. The molecule has 1 aromatic rings. The Morgan fingerprint density at radius 1 is 1.50 bits per heavy atom. The van der Waals surface area contributed by atoms with E-state index >= 15 is 0 Å². The van der Waals surface area contributed by atoms with Crippen LogP contribution in [-0.4, -0.2) is 17.7 Å². The fourth-order valence-electron chi connectivity index (χ4n) is 0.859. The average molecular weight is 244 g/mol. The third-order valence-electron chi connectivity index (χ3n) is 1.46. The van der Waals surface area contributed by atoms with E-state index in [0.29, 0.717) is 0 Å². The van der Waals surface area contributed by atoms with Gasteiger partial charge in [-0.05, 0) is 12.1 Å². The van der Waals surface area contributed by atoms with Crippen LogP contribution >= 0.6 is 0 Å². The minimum atomic E-state index is -0.544. The molecule has 0 aromatic heterocycles. The van der Waals surface area contributed by atoms with E-state index in [-0.39, 0.29) is 37.4 Å². The number of hydrogen-bond acceptors (Lipinski definition) is 3. The molecule has 0 aliphatic carbocycles. The first-order valence-corrected chi connectivity index (χ1v) is 3.81. The van der Waals surface area contributed by atoms with Gasteiger partial charge in [0.25, 0.3) is 0 Å². The molecule has 0 aliphatic heterocycles. The van der Waals surface area contributed by atoms with E-state index in [2.05, 4.69) is 6.58 Å². The van der Waals surface area contributed by atoms with Crippen molar-refractivity contribution >= 4 is 5.97 Å². The fourth-order valence-corrected chi connectivity index (χ4v) is 0.859. The molecule has 0 saturated carbocycles. The quantitative estimate of drug-likeness (QED) is 0.500. The van der Waals surface area contributed by atoms with Crippen LogP contribution in [-0.2, 0) is 24.2 Å². The molecule has 1 aromatic carbocycles. The van der Waals surface area contributed by atoms with Crippen molar-refractivity contribution in [1.82, 2.24) is 0 Å². The van der Waals surface area contributed by atoms with Crippen molar-refractivity contribution in [2.24, 2.45) is 0 Å². The Kier molecular flexibility index (Phi) is 5.81. The maximum Gasteiger partial charge on any atom is 0.342 e. The zero-order valence-electron chi connectivity index (χ0n) is 7.77. The van der Waals surface area contributed by atoms with Crippen LogP contribution in [0.3, 0.4) is 0 Å². The second-order valence-corrected chi connectivity index (χ2v) is 2.40. The Balaban J connectivity index is 0.00000169. The third kappa shape index (κ3) is 3.31. The van der Waals surface area contributed by atoms with Gasteiger partial charge in [0.1, 0.15) is 17.9 Å². The number of carbonyl (C=O) groups is 1. The van der Waals surface area contributed by atoms with Gasteiger partial charge in [0.05, 0.1) is 0 Å². The summed E-state index contributed by atoms with van der Waals surface area (Å²) in [5.74, 6) is -0.616. The predicted octanol–water partition coefficient (Wildman–Crippen LogP) is 1.73. The van der Waals surface area contributed by atoms with Gasteiger partial charge in [0.15, 0.2) is 0 Å². The molecule has 0 unspecified atom stereocenters. The molecule has 0 aliphatic rings. The number of benzene rings is 1. The SMILES string of the molecule is C=CCOC(=O)c1ccccc1O.[Zn]. The number of rotatable bonds is 3. The number of phenols is 1. The van der Waals surface area contributed by atoms with E-state index in [4.69, 9.17) is 4.74 Å². The van der Waals surface area contributed by atoms with Crippen LogP contribution in [0.2, 0.25) is 0 Å². The first-order chi connectivity index (χ1) is 6.25. The Bertz CT molecular complexity index is 323. The normalized spacial score (nSPS) is 8.57. The molecule has 0 atom stereocenters. The molecule has 4 heteroatoms. The summed E-state index contributed by atoms with van der Waals surface area (Å²) >= 11 is 0. The van der Waals surface area contributed by atoms with Crippen LogP contribution in [0.15, 0.2) is 36.9 Å². The maximum absolute atomic E-state index is 11.2. The summed E-state index contributed by atoms with van der Waals surface area (Å²) in [6, 6.07) is 6.23. The Hall–Kier alpha value is -1.15. The van der Waals surface area contributed by atoms with E-state index in [1.807, 2.05) is 0 Å². The molecule has 3 nitrogen and oxygen atoms in total. The standard InChI is InChI=1S/C10H10O3.Zn/c1-2-7-13-10(12)8-5-3-4-6-9(8)11;/h2-6,11H,1,7H2;. The number of hydrogen-bond donors (Lipinski definition) is 1. The predicted molar refractivity (Wildman–Crippen MR) is 48.6 cm³/mol. The minimum absolute atomic E-state index is 0. The molecule has 0 fully saturated rings. The summed E-state index contributed by atoms with van der Waals surface area (Å²) in [6.45, 7) is 3.56. The molecule has 70 valence electrons. The van der Waals surface area contributed by atoms with E-state index in [1.165, 1.54) is 18.2 Å². The summed E-state index contributed by atoms with van der Waals surface area (Å²) in [5.41, 5.74) is 0.171. The van der Waals surface area contributed by atoms with Gasteiger partial charge in [-0.15, -0.1) is 0 Å². The van der Waals surface area contributed by atoms with Crippen LogP contribution in [0.4, 0.5) is 0 Å². The van der Waals surface area contributed by atoms with Crippen LogP contribution in [0.1, 0.15) is 10.4 Å². The van der Waals surface area contributed by atoms with Gasteiger partial charge >= 0.3 is 5.97 Å². The Morgan fingerprint density at radius 3 is 2.71 bits per heavy atom. The topological polar surface area (TPSA) is 46.5 Å². The monoisotopic (exact) mass is 242 g/mol. The fraction of sp³-hybridized carbons (Fsp3) is 0.100. The largest absolute Gasteiger partial charge is 0.507 e. The zero-order valence-corrected chi connectivity index (χ0v) is 10.7. The summed E-state index contributed by atoms with van der Waals surface area (Å²) < 4.78 is 4.74. The van der Waals surface area contributed by atoms with E-state index < -0.39 is 5.97 Å². The number of carbonyl (C=O) groups excluding carboxylic acids is 1. The van der Waals surface area contributed by atoms with Crippen molar-refractivity contribution in [3.8, 4) is 5.75 Å². The van der Waals surface area contributed by atoms with Crippen molar-refractivity contribution in [2.45, 2.75) is 0 Å². The molecule has 0 heterocycles. The first-order valence-electron chi connectivity index (χ1n) is 3.81. The molecular weight excluding hydrogens is 233 g/mol. The molecule has 1 rings (SSSR count).